The Morgan fingerprint density at radius 1 is 1.47 bits per heavy atom. The predicted octanol–water partition coefficient (Wildman–Crippen LogP) is 1.06. The molecule has 1 aliphatic rings. The van der Waals surface area contributed by atoms with Gasteiger partial charge in [-0.15, -0.1) is 0 Å². The average molecular weight is 262 g/mol. The molecule has 19 heavy (non-hydrogen) atoms. The van der Waals surface area contributed by atoms with Gasteiger partial charge in [-0.1, -0.05) is 0 Å². The molecule has 1 aromatic carbocycles. The molecule has 0 fully saturated rings. The summed E-state index contributed by atoms with van der Waals surface area (Å²) in [4.78, 5) is 4.32. The lowest BCUT2D eigenvalue weighted by atomic mass is 10.2. The van der Waals surface area contributed by atoms with E-state index < -0.39 is 0 Å². The van der Waals surface area contributed by atoms with Gasteiger partial charge >= 0.3 is 0 Å². The molecule has 3 N–H and O–H groups in total. The van der Waals surface area contributed by atoms with Crippen molar-refractivity contribution in [2.24, 2.45) is 10.1 Å². The molecule has 0 amide bonds. The van der Waals surface area contributed by atoms with Crippen LogP contribution in [0.4, 0.5) is 0 Å². The number of hydrogen-bond donors (Lipinski definition) is 3. The second-order valence-electron chi connectivity index (χ2n) is 4.17. The van der Waals surface area contributed by atoms with Gasteiger partial charge in [-0.25, -0.2) is 5.43 Å². The number of benzene rings is 1. The van der Waals surface area contributed by atoms with Crippen molar-refractivity contribution in [3.63, 3.8) is 0 Å². The molecule has 2 rings (SSSR count). The number of nitrogens with zero attached hydrogens (tertiary/aromatic N) is 2. The van der Waals surface area contributed by atoms with Gasteiger partial charge in [0, 0.05) is 13.1 Å². The third kappa shape index (κ3) is 3.87. The van der Waals surface area contributed by atoms with Crippen LogP contribution in [0.1, 0.15) is 18.4 Å². The van der Waals surface area contributed by atoms with Crippen LogP contribution in [0, 0.1) is 0 Å². The molecule has 6 nitrogen and oxygen atoms in total. The molecule has 1 heterocycles. The zero-order valence-electron chi connectivity index (χ0n) is 10.9. The molecule has 1 aromatic rings. The maximum absolute atomic E-state index is 9.48. The predicted molar refractivity (Wildman–Crippen MR) is 74.9 cm³/mol. The van der Waals surface area contributed by atoms with E-state index in [1.54, 1.807) is 24.4 Å². The molecule has 0 aromatic heterocycles. The SMILES string of the molecule is COc1cc(/C=N/NC2=NCCCCN2)ccc1O. The van der Waals surface area contributed by atoms with E-state index >= 15 is 0 Å². The summed E-state index contributed by atoms with van der Waals surface area (Å²) in [5, 5.41) is 16.7. The summed E-state index contributed by atoms with van der Waals surface area (Å²) >= 11 is 0. The van der Waals surface area contributed by atoms with Gasteiger partial charge in [0.05, 0.1) is 13.3 Å². The number of phenolic OH excluding ortho intramolecular Hbond substituents is 1. The molecule has 0 saturated carbocycles. The quantitative estimate of drug-likeness (QED) is 0.562. The summed E-state index contributed by atoms with van der Waals surface area (Å²) in [6.07, 6.45) is 3.86. The van der Waals surface area contributed by atoms with Gasteiger partial charge < -0.3 is 15.2 Å². The second-order valence-corrected chi connectivity index (χ2v) is 4.17. The van der Waals surface area contributed by atoms with Gasteiger partial charge in [-0.3, -0.25) is 4.99 Å². The number of nitrogens with one attached hydrogen (secondary N) is 2. The summed E-state index contributed by atoms with van der Waals surface area (Å²) in [5.74, 6) is 1.23. The largest absolute Gasteiger partial charge is 0.504 e. The second kappa shape index (κ2) is 6.63. The zero-order chi connectivity index (χ0) is 13.5. The highest BCUT2D eigenvalue weighted by Crippen LogP contribution is 2.25. The standard InChI is InChI=1S/C13H18N4O2/c1-19-12-8-10(4-5-11(12)18)9-16-17-13-14-6-2-3-7-15-13/h4-5,8-9,18H,2-3,6-7H2,1H3,(H2,14,15,17)/b16-9+. The molecule has 0 aliphatic carbocycles. The van der Waals surface area contributed by atoms with Gasteiger partial charge in [-0.05, 0) is 36.6 Å². The molecular weight excluding hydrogens is 244 g/mol. The topological polar surface area (TPSA) is 78.2 Å². The Labute approximate surface area is 112 Å². The van der Waals surface area contributed by atoms with Crippen molar-refractivity contribution in [2.75, 3.05) is 20.2 Å². The fourth-order valence-electron chi connectivity index (χ4n) is 1.71. The summed E-state index contributed by atoms with van der Waals surface area (Å²) < 4.78 is 5.03. The number of guanidine groups is 1. The summed E-state index contributed by atoms with van der Waals surface area (Å²) in [6.45, 7) is 1.73. The first kappa shape index (κ1) is 13.2. The van der Waals surface area contributed by atoms with Crippen LogP contribution < -0.4 is 15.5 Å². The lowest BCUT2D eigenvalue weighted by Gasteiger charge is -2.05. The Balaban J connectivity index is 1.96. The van der Waals surface area contributed by atoms with E-state index in [0.717, 1.165) is 31.5 Å². The summed E-state index contributed by atoms with van der Waals surface area (Å²) in [7, 11) is 1.51. The highest BCUT2D eigenvalue weighted by Gasteiger charge is 2.02. The number of rotatable bonds is 3. The molecule has 0 radical (unpaired) electrons. The fourth-order valence-corrected chi connectivity index (χ4v) is 1.71. The van der Waals surface area contributed by atoms with Crippen molar-refractivity contribution in [1.82, 2.24) is 10.7 Å². The van der Waals surface area contributed by atoms with E-state index in [4.69, 9.17) is 4.74 Å². The number of phenols is 1. The Morgan fingerprint density at radius 3 is 3.21 bits per heavy atom. The Morgan fingerprint density at radius 2 is 2.37 bits per heavy atom. The van der Waals surface area contributed by atoms with Crippen LogP contribution in [0.5, 0.6) is 11.5 Å². The van der Waals surface area contributed by atoms with Gasteiger partial charge in [0.25, 0.3) is 0 Å². The van der Waals surface area contributed by atoms with Crippen LogP contribution in [0.2, 0.25) is 0 Å². The number of aromatic hydroxyl groups is 1. The fraction of sp³-hybridized carbons (Fsp3) is 0.385. The minimum absolute atomic E-state index is 0.113. The van der Waals surface area contributed by atoms with Crippen LogP contribution in [0.25, 0.3) is 0 Å². The lowest BCUT2D eigenvalue weighted by molar-refractivity contribution is 0.373. The van der Waals surface area contributed by atoms with E-state index in [1.165, 1.54) is 7.11 Å². The summed E-state index contributed by atoms with van der Waals surface area (Å²) in [6, 6.07) is 5.04. The highest BCUT2D eigenvalue weighted by molar-refractivity contribution is 5.84. The lowest BCUT2D eigenvalue weighted by Crippen LogP contribution is -2.33. The molecule has 0 bridgehead atoms. The number of ether oxygens (including phenoxy) is 1. The van der Waals surface area contributed by atoms with Crippen LogP contribution in [-0.4, -0.2) is 37.5 Å². The molecule has 0 saturated heterocycles. The van der Waals surface area contributed by atoms with Crippen LogP contribution in [0.15, 0.2) is 28.3 Å². The Bertz CT molecular complexity index is 486. The summed E-state index contributed by atoms with van der Waals surface area (Å²) in [5.41, 5.74) is 3.70. The van der Waals surface area contributed by atoms with Crippen LogP contribution >= 0.6 is 0 Å². The van der Waals surface area contributed by atoms with Crippen molar-refractivity contribution in [3.8, 4) is 11.5 Å². The van der Waals surface area contributed by atoms with Gasteiger partial charge in [-0.2, -0.15) is 5.10 Å². The maximum Gasteiger partial charge on any atom is 0.212 e. The zero-order valence-corrected chi connectivity index (χ0v) is 10.9. The highest BCUT2D eigenvalue weighted by atomic mass is 16.5. The minimum atomic E-state index is 0.113. The van der Waals surface area contributed by atoms with E-state index in [0.29, 0.717) is 11.7 Å². The number of hydrogen-bond acceptors (Lipinski definition) is 6. The van der Waals surface area contributed by atoms with Gasteiger partial charge in [0.15, 0.2) is 11.5 Å². The third-order valence-corrected chi connectivity index (χ3v) is 2.74. The van der Waals surface area contributed by atoms with Gasteiger partial charge in [0.2, 0.25) is 5.96 Å². The average Bonchev–Trinajstić information content (AvgIpc) is 2.69. The normalized spacial score (nSPS) is 15.5. The number of hydrazone groups is 1. The molecule has 0 spiro atoms. The first-order valence-corrected chi connectivity index (χ1v) is 6.24. The van der Waals surface area contributed by atoms with E-state index in [-0.39, 0.29) is 5.75 Å². The monoisotopic (exact) mass is 262 g/mol. The molecule has 0 atom stereocenters. The van der Waals surface area contributed by atoms with Crippen molar-refractivity contribution in [2.45, 2.75) is 12.8 Å². The maximum atomic E-state index is 9.48. The van der Waals surface area contributed by atoms with Crippen molar-refractivity contribution < 1.29 is 9.84 Å². The smallest absolute Gasteiger partial charge is 0.212 e. The molecule has 6 heteroatoms. The number of methoxy groups -OCH3 is 1. The first-order chi connectivity index (χ1) is 9.29. The van der Waals surface area contributed by atoms with Crippen LogP contribution in [0.3, 0.4) is 0 Å². The van der Waals surface area contributed by atoms with Crippen LogP contribution in [-0.2, 0) is 0 Å². The van der Waals surface area contributed by atoms with Gasteiger partial charge in [0.1, 0.15) is 0 Å². The number of aliphatic imine (C=N–C) groups is 1. The molecular formula is C13H18N4O2. The Hall–Kier alpha value is -2.24. The first-order valence-electron chi connectivity index (χ1n) is 6.24. The molecule has 0 unspecified atom stereocenters. The molecule has 1 aliphatic heterocycles. The van der Waals surface area contributed by atoms with Crippen molar-refractivity contribution in [3.05, 3.63) is 23.8 Å². The van der Waals surface area contributed by atoms with E-state index in [2.05, 4.69) is 20.8 Å². The third-order valence-electron chi connectivity index (χ3n) is 2.74. The van der Waals surface area contributed by atoms with Crippen molar-refractivity contribution >= 4 is 12.2 Å². The van der Waals surface area contributed by atoms with E-state index in [9.17, 15) is 5.11 Å². The minimum Gasteiger partial charge on any atom is -0.504 e. The van der Waals surface area contributed by atoms with E-state index in [1.807, 2.05) is 0 Å². The van der Waals surface area contributed by atoms with Crippen molar-refractivity contribution in [1.29, 1.82) is 0 Å². The Kier molecular flexibility index (Phi) is 4.60. The molecule has 102 valence electrons.